The lowest BCUT2D eigenvalue weighted by molar-refractivity contribution is 0.670. The van der Waals surface area contributed by atoms with E-state index >= 15 is 0 Å². The van der Waals surface area contributed by atoms with E-state index in [4.69, 9.17) is 5.73 Å². The quantitative estimate of drug-likeness (QED) is 0.947. The molecule has 0 saturated carbocycles. The van der Waals surface area contributed by atoms with Crippen molar-refractivity contribution in [1.82, 2.24) is 15.0 Å². The molecule has 90 valence electrons. The van der Waals surface area contributed by atoms with Crippen LogP contribution in [0.3, 0.4) is 0 Å². The molecule has 1 heterocycles. The number of aromatic nitrogens is 3. The van der Waals surface area contributed by atoms with Crippen LogP contribution in [0.1, 0.15) is 30.6 Å². The zero-order valence-electron chi connectivity index (χ0n) is 9.89. The highest BCUT2D eigenvalue weighted by Gasteiger charge is 2.09. The molecular formula is C12H15BrN4. The molecule has 0 spiro atoms. The normalized spacial score (nSPS) is 12.7. The average molecular weight is 295 g/mol. The maximum Gasteiger partial charge on any atom is 0.0998 e. The SMILES string of the molecule is CCC(N)c1cn(-c2cc(C)cc(Br)c2)nn1. The summed E-state index contributed by atoms with van der Waals surface area (Å²) in [6, 6.07) is 6.07. The lowest BCUT2D eigenvalue weighted by atomic mass is 10.2. The molecule has 0 amide bonds. The minimum Gasteiger partial charge on any atom is -0.323 e. The van der Waals surface area contributed by atoms with Gasteiger partial charge in [-0.1, -0.05) is 28.1 Å². The number of nitrogens with two attached hydrogens (primary N) is 1. The van der Waals surface area contributed by atoms with Crippen molar-refractivity contribution in [3.63, 3.8) is 0 Å². The van der Waals surface area contributed by atoms with Crippen molar-refractivity contribution in [2.75, 3.05) is 0 Å². The Bertz CT molecular complexity index is 501. The van der Waals surface area contributed by atoms with Crippen LogP contribution in [-0.4, -0.2) is 15.0 Å². The topological polar surface area (TPSA) is 56.7 Å². The van der Waals surface area contributed by atoms with E-state index in [-0.39, 0.29) is 6.04 Å². The predicted octanol–water partition coefficient (Wildman–Crippen LogP) is 2.75. The van der Waals surface area contributed by atoms with Gasteiger partial charge in [-0.15, -0.1) is 5.10 Å². The zero-order chi connectivity index (χ0) is 12.4. The predicted molar refractivity (Wildman–Crippen MR) is 71.0 cm³/mol. The maximum absolute atomic E-state index is 5.92. The molecule has 0 radical (unpaired) electrons. The molecule has 0 aliphatic carbocycles. The summed E-state index contributed by atoms with van der Waals surface area (Å²) in [6.45, 7) is 4.08. The second kappa shape index (κ2) is 4.98. The molecule has 2 aromatic rings. The summed E-state index contributed by atoms with van der Waals surface area (Å²) in [7, 11) is 0. The number of halogens is 1. The Balaban J connectivity index is 2.36. The highest BCUT2D eigenvalue weighted by Crippen LogP contribution is 2.19. The molecule has 5 heteroatoms. The summed E-state index contributed by atoms with van der Waals surface area (Å²) >= 11 is 3.47. The van der Waals surface area contributed by atoms with Crippen molar-refractivity contribution in [2.24, 2.45) is 5.73 Å². The third-order valence-electron chi connectivity index (χ3n) is 2.62. The van der Waals surface area contributed by atoms with Crippen molar-refractivity contribution >= 4 is 15.9 Å². The molecule has 0 aliphatic heterocycles. The molecule has 1 aromatic carbocycles. The minimum absolute atomic E-state index is 0.0444. The molecule has 1 aromatic heterocycles. The van der Waals surface area contributed by atoms with Crippen LogP contribution >= 0.6 is 15.9 Å². The summed E-state index contributed by atoms with van der Waals surface area (Å²) in [4.78, 5) is 0. The van der Waals surface area contributed by atoms with E-state index in [1.54, 1.807) is 4.68 Å². The fourth-order valence-electron chi connectivity index (χ4n) is 1.63. The first-order valence-corrected chi connectivity index (χ1v) is 6.35. The molecular weight excluding hydrogens is 280 g/mol. The first kappa shape index (κ1) is 12.3. The first-order valence-electron chi connectivity index (χ1n) is 5.55. The summed E-state index contributed by atoms with van der Waals surface area (Å²) in [5.74, 6) is 0. The van der Waals surface area contributed by atoms with Crippen LogP contribution in [0.15, 0.2) is 28.9 Å². The van der Waals surface area contributed by atoms with Gasteiger partial charge < -0.3 is 5.73 Å². The van der Waals surface area contributed by atoms with Gasteiger partial charge in [-0.3, -0.25) is 0 Å². The third kappa shape index (κ3) is 2.73. The fourth-order valence-corrected chi connectivity index (χ4v) is 2.23. The highest BCUT2D eigenvalue weighted by atomic mass is 79.9. The van der Waals surface area contributed by atoms with E-state index < -0.39 is 0 Å². The molecule has 2 rings (SSSR count). The minimum atomic E-state index is -0.0444. The van der Waals surface area contributed by atoms with Gasteiger partial charge in [-0.25, -0.2) is 4.68 Å². The maximum atomic E-state index is 5.92. The van der Waals surface area contributed by atoms with E-state index in [0.717, 1.165) is 22.3 Å². The Morgan fingerprint density at radius 3 is 2.82 bits per heavy atom. The van der Waals surface area contributed by atoms with Crippen LogP contribution < -0.4 is 5.73 Å². The first-order chi connectivity index (χ1) is 8.10. The largest absolute Gasteiger partial charge is 0.323 e. The van der Waals surface area contributed by atoms with E-state index in [9.17, 15) is 0 Å². The van der Waals surface area contributed by atoms with Crippen LogP contribution in [0.2, 0.25) is 0 Å². The van der Waals surface area contributed by atoms with Crippen LogP contribution in [0.5, 0.6) is 0 Å². The smallest absolute Gasteiger partial charge is 0.0998 e. The van der Waals surface area contributed by atoms with Crippen LogP contribution in [-0.2, 0) is 0 Å². The second-order valence-electron chi connectivity index (χ2n) is 4.09. The number of hydrogen-bond acceptors (Lipinski definition) is 3. The molecule has 0 fully saturated rings. The third-order valence-corrected chi connectivity index (χ3v) is 3.08. The van der Waals surface area contributed by atoms with E-state index in [1.807, 2.05) is 26.1 Å². The molecule has 1 atom stereocenters. The van der Waals surface area contributed by atoms with E-state index in [0.29, 0.717) is 0 Å². The Kier molecular flexibility index (Phi) is 3.59. The molecule has 17 heavy (non-hydrogen) atoms. The summed E-state index contributed by atoms with van der Waals surface area (Å²) in [5, 5.41) is 8.20. The average Bonchev–Trinajstić information content (AvgIpc) is 2.76. The van der Waals surface area contributed by atoms with Gasteiger partial charge in [0.05, 0.1) is 23.6 Å². The lowest BCUT2D eigenvalue weighted by Crippen LogP contribution is -2.08. The monoisotopic (exact) mass is 294 g/mol. The van der Waals surface area contributed by atoms with E-state index in [1.165, 1.54) is 5.56 Å². The van der Waals surface area contributed by atoms with Gasteiger partial charge in [0, 0.05) is 4.47 Å². The molecule has 0 aliphatic rings. The molecule has 1 unspecified atom stereocenters. The molecule has 2 N–H and O–H groups in total. The van der Waals surface area contributed by atoms with Crippen molar-refractivity contribution in [2.45, 2.75) is 26.3 Å². The number of rotatable bonds is 3. The van der Waals surface area contributed by atoms with Crippen molar-refractivity contribution in [3.8, 4) is 5.69 Å². The van der Waals surface area contributed by atoms with Gasteiger partial charge in [0.25, 0.3) is 0 Å². The Morgan fingerprint density at radius 1 is 1.41 bits per heavy atom. The summed E-state index contributed by atoms with van der Waals surface area (Å²) < 4.78 is 2.78. The van der Waals surface area contributed by atoms with Gasteiger partial charge >= 0.3 is 0 Å². The number of nitrogens with zero attached hydrogens (tertiary/aromatic N) is 3. The van der Waals surface area contributed by atoms with Crippen LogP contribution in [0, 0.1) is 6.92 Å². The number of benzene rings is 1. The number of aryl methyl sites for hydroxylation is 1. The number of hydrogen-bond donors (Lipinski definition) is 1. The molecule has 4 nitrogen and oxygen atoms in total. The standard InChI is InChI=1S/C12H15BrN4/c1-3-11(14)12-7-17(16-15-12)10-5-8(2)4-9(13)6-10/h4-7,11H,3,14H2,1-2H3. The lowest BCUT2D eigenvalue weighted by Gasteiger charge is -2.04. The second-order valence-corrected chi connectivity index (χ2v) is 5.01. The zero-order valence-corrected chi connectivity index (χ0v) is 11.5. The van der Waals surface area contributed by atoms with Gasteiger partial charge in [0.15, 0.2) is 0 Å². The van der Waals surface area contributed by atoms with E-state index in [2.05, 4.69) is 38.4 Å². The summed E-state index contributed by atoms with van der Waals surface area (Å²) in [6.07, 6.45) is 2.74. The van der Waals surface area contributed by atoms with Crippen molar-refractivity contribution < 1.29 is 0 Å². The fraction of sp³-hybridized carbons (Fsp3) is 0.333. The van der Waals surface area contributed by atoms with Gasteiger partial charge in [-0.05, 0) is 37.1 Å². The van der Waals surface area contributed by atoms with Gasteiger partial charge in [0.1, 0.15) is 0 Å². The molecule has 0 saturated heterocycles. The van der Waals surface area contributed by atoms with Gasteiger partial charge in [-0.2, -0.15) is 0 Å². The summed E-state index contributed by atoms with van der Waals surface area (Å²) in [5.41, 5.74) is 8.90. The van der Waals surface area contributed by atoms with Crippen molar-refractivity contribution in [3.05, 3.63) is 40.1 Å². The van der Waals surface area contributed by atoms with Crippen LogP contribution in [0.4, 0.5) is 0 Å². The molecule has 0 bridgehead atoms. The van der Waals surface area contributed by atoms with Gasteiger partial charge in [0.2, 0.25) is 0 Å². The Morgan fingerprint density at radius 2 is 2.18 bits per heavy atom. The van der Waals surface area contributed by atoms with Crippen molar-refractivity contribution in [1.29, 1.82) is 0 Å². The Labute approximate surface area is 109 Å². The Hall–Kier alpha value is -1.20. The van der Waals surface area contributed by atoms with Crippen LogP contribution in [0.25, 0.3) is 5.69 Å². The highest BCUT2D eigenvalue weighted by molar-refractivity contribution is 9.10.